The summed E-state index contributed by atoms with van der Waals surface area (Å²) < 4.78 is 19.3. The number of carbonyl (C=O) groups excluding carboxylic acids is 2. The summed E-state index contributed by atoms with van der Waals surface area (Å²) in [4.78, 5) is 33.6. The van der Waals surface area contributed by atoms with Crippen molar-refractivity contribution < 1.29 is 18.4 Å². The number of furan rings is 1. The lowest BCUT2D eigenvalue weighted by Gasteiger charge is -2.27. The van der Waals surface area contributed by atoms with Crippen molar-refractivity contribution in [1.82, 2.24) is 15.2 Å². The van der Waals surface area contributed by atoms with Crippen molar-refractivity contribution in [3.8, 4) is 10.4 Å². The molecule has 0 spiro atoms. The van der Waals surface area contributed by atoms with E-state index >= 15 is 0 Å². The summed E-state index contributed by atoms with van der Waals surface area (Å²) in [5.41, 5.74) is 2.22. The molecule has 1 unspecified atom stereocenters. The van der Waals surface area contributed by atoms with Gasteiger partial charge in [0.25, 0.3) is 11.8 Å². The molecule has 0 bridgehead atoms. The molecule has 2 aromatic heterocycles. The molecule has 4 aromatic rings. The molecule has 2 amide bonds. The van der Waals surface area contributed by atoms with Gasteiger partial charge in [0.2, 0.25) is 0 Å². The number of amides is 2. The van der Waals surface area contributed by atoms with Crippen LogP contribution in [0.4, 0.5) is 4.39 Å². The highest BCUT2D eigenvalue weighted by atomic mass is 32.1. The van der Waals surface area contributed by atoms with Gasteiger partial charge in [-0.2, -0.15) is 0 Å². The number of piperidine rings is 1. The van der Waals surface area contributed by atoms with Crippen molar-refractivity contribution in [2.75, 3.05) is 13.1 Å². The third kappa shape index (κ3) is 3.58. The number of halogens is 1. The van der Waals surface area contributed by atoms with Gasteiger partial charge in [-0.05, 0) is 61.1 Å². The molecule has 1 aliphatic carbocycles. The van der Waals surface area contributed by atoms with E-state index in [2.05, 4.69) is 10.3 Å². The highest BCUT2D eigenvalue weighted by molar-refractivity contribution is 7.15. The Balaban J connectivity index is 1.23. The Bertz CT molecular complexity index is 1430. The Morgan fingerprint density at radius 3 is 2.94 bits per heavy atom. The number of rotatable bonds is 5. The number of aryl methyl sites for hydroxylation is 1. The van der Waals surface area contributed by atoms with Gasteiger partial charge in [0.1, 0.15) is 17.1 Å². The van der Waals surface area contributed by atoms with E-state index in [1.54, 1.807) is 36.6 Å². The number of benzene rings is 2. The zero-order valence-electron chi connectivity index (χ0n) is 18.5. The number of likely N-dealkylation sites (tertiary alicyclic amines) is 1. The van der Waals surface area contributed by atoms with Crippen molar-refractivity contribution in [3.63, 3.8) is 0 Å². The molecule has 1 N–H and O–H groups in total. The van der Waals surface area contributed by atoms with Crippen molar-refractivity contribution in [3.05, 3.63) is 76.9 Å². The number of nitrogens with zero attached hydrogens (tertiary/aromatic N) is 2. The standard InChI is InChI=1S/C26H22FN3O3S/c1-14-29-23(24(34-14)15-4-2-5-17(27)10-15)26(32)30-13-16-11-20(16)21(30)12-28-25(31)19-6-3-7-22-18(19)8-9-33-22/h2-10,16,20-21H,11-13H2,1H3,(H,28,31)/t16?,20-,21+/m0/s1. The Hall–Kier alpha value is -3.52. The number of thiazole rings is 1. The van der Waals surface area contributed by atoms with Crippen LogP contribution in [0.15, 0.2) is 59.2 Å². The quantitative estimate of drug-likeness (QED) is 0.446. The van der Waals surface area contributed by atoms with E-state index in [1.165, 1.54) is 23.5 Å². The number of hydrogen-bond acceptors (Lipinski definition) is 5. The first-order valence-electron chi connectivity index (χ1n) is 11.3. The molecular weight excluding hydrogens is 453 g/mol. The minimum absolute atomic E-state index is 0.0904. The number of fused-ring (bicyclic) bond motifs is 2. The topological polar surface area (TPSA) is 75.4 Å². The fourth-order valence-corrected chi connectivity index (χ4v) is 5.99. The monoisotopic (exact) mass is 475 g/mol. The van der Waals surface area contributed by atoms with Gasteiger partial charge < -0.3 is 14.6 Å². The van der Waals surface area contributed by atoms with Crippen LogP contribution in [0.3, 0.4) is 0 Å². The molecular formula is C26H22FN3O3S. The molecule has 3 heterocycles. The number of nitrogens with one attached hydrogen (secondary N) is 1. The predicted octanol–water partition coefficient (Wildman–Crippen LogP) is 4.89. The fraction of sp³-hybridized carbons (Fsp3) is 0.269. The van der Waals surface area contributed by atoms with Crippen molar-refractivity contribution in [1.29, 1.82) is 0 Å². The normalized spacial score (nSPS) is 21.0. The Labute approximate surface area is 199 Å². The van der Waals surface area contributed by atoms with Crippen LogP contribution in [0.1, 0.15) is 32.3 Å². The second-order valence-corrected chi connectivity index (χ2v) is 10.2. The maximum absolute atomic E-state index is 13.8. The SMILES string of the molecule is Cc1nc(C(=O)N2CC3C[C@@H]3[C@H]2CNC(=O)c2cccc3occc23)c(-c2cccc(F)c2)s1. The number of aromatic nitrogens is 1. The van der Waals surface area contributed by atoms with Gasteiger partial charge in [-0.25, -0.2) is 9.37 Å². The molecule has 1 saturated heterocycles. The molecule has 1 saturated carbocycles. The zero-order valence-corrected chi connectivity index (χ0v) is 19.3. The summed E-state index contributed by atoms with van der Waals surface area (Å²) in [7, 11) is 0. The van der Waals surface area contributed by atoms with Crippen LogP contribution >= 0.6 is 11.3 Å². The minimum atomic E-state index is -0.349. The summed E-state index contributed by atoms with van der Waals surface area (Å²) >= 11 is 1.39. The molecule has 2 aliphatic rings. The lowest BCUT2D eigenvalue weighted by Crippen LogP contribution is -2.45. The first-order valence-corrected chi connectivity index (χ1v) is 12.1. The molecule has 0 radical (unpaired) electrons. The van der Waals surface area contributed by atoms with Crippen LogP contribution < -0.4 is 5.32 Å². The van der Waals surface area contributed by atoms with E-state index in [-0.39, 0.29) is 23.7 Å². The van der Waals surface area contributed by atoms with Crippen molar-refractivity contribution in [2.45, 2.75) is 19.4 Å². The third-order valence-electron chi connectivity index (χ3n) is 6.80. The Morgan fingerprint density at radius 1 is 1.24 bits per heavy atom. The Morgan fingerprint density at radius 2 is 2.09 bits per heavy atom. The van der Waals surface area contributed by atoms with Crippen molar-refractivity contribution >= 4 is 34.1 Å². The van der Waals surface area contributed by atoms with E-state index in [0.29, 0.717) is 52.2 Å². The van der Waals surface area contributed by atoms with Gasteiger partial charge in [0.15, 0.2) is 0 Å². The fourth-order valence-electron chi connectivity index (χ4n) is 5.08. The third-order valence-corrected chi connectivity index (χ3v) is 7.82. The van der Waals surface area contributed by atoms with Crippen LogP contribution in [0.2, 0.25) is 0 Å². The summed E-state index contributed by atoms with van der Waals surface area (Å²) in [6, 6.07) is 13.3. The summed E-state index contributed by atoms with van der Waals surface area (Å²) in [6.45, 7) is 2.87. The number of carbonyl (C=O) groups is 2. The maximum atomic E-state index is 13.8. The average molecular weight is 476 g/mol. The molecule has 6 nitrogen and oxygen atoms in total. The highest BCUT2D eigenvalue weighted by Gasteiger charge is 2.54. The maximum Gasteiger partial charge on any atom is 0.274 e. The molecule has 34 heavy (non-hydrogen) atoms. The van der Waals surface area contributed by atoms with Gasteiger partial charge in [0, 0.05) is 18.5 Å². The van der Waals surface area contributed by atoms with Crippen LogP contribution in [0.5, 0.6) is 0 Å². The smallest absolute Gasteiger partial charge is 0.274 e. The van der Waals surface area contributed by atoms with E-state index in [0.717, 1.165) is 16.8 Å². The molecule has 3 atom stereocenters. The molecule has 6 rings (SSSR count). The molecule has 2 fully saturated rings. The lowest BCUT2D eigenvalue weighted by atomic mass is 10.1. The van der Waals surface area contributed by atoms with E-state index in [4.69, 9.17) is 4.42 Å². The van der Waals surface area contributed by atoms with Gasteiger partial charge in [-0.1, -0.05) is 18.2 Å². The Kier molecular flexibility index (Phi) is 4.99. The van der Waals surface area contributed by atoms with Crippen molar-refractivity contribution in [2.24, 2.45) is 11.8 Å². The molecule has 8 heteroatoms. The first-order chi connectivity index (χ1) is 16.5. The lowest BCUT2D eigenvalue weighted by molar-refractivity contribution is 0.0690. The highest BCUT2D eigenvalue weighted by Crippen LogP contribution is 2.50. The van der Waals surface area contributed by atoms with Gasteiger partial charge in [-0.3, -0.25) is 9.59 Å². The summed E-state index contributed by atoms with van der Waals surface area (Å²) in [6.07, 6.45) is 2.63. The van der Waals surface area contributed by atoms with E-state index in [1.807, 2.05) is 17.9 Å². The zero-order chi connectivity index (χ0) is 23.4. The van der Waals surface area contributed by atoms with E-state index in [9.17, 15) is 14.0 Å². The number of hydrogen-bond donors (Lipinski definition) is 1. The van der Waals surface area contributed by atoms with Crippen LogP contribution in [0, 0.1) is 24.6 Å². The molecule has 1 aliphatic heterocycles. The second-order valence-electron chi connectivity index (χ2n) is 8.95. The largest absolute Gasteiger partial charge is 0.464 e. The second kappa shape index (κ2) is 8.06. The van der Waals surface area contributed by atoms with Gasteiger partial charge in [0.05, 0.1) is 27.8 Å². The van der Waals surface area contributed by atoms with Crippen LogP contribution in [-0.2, 0) is 0 Å². The minimum Gasteiger partial charge on any atom is -0.464 e. The van der Waals surface area contributed by atoms with E-state index < -0.39 is 0 Å². The first kappa shape index (κ1) is 21.0. The van der Waals surface area contributed by atoms with Crippen LogP contribution in [0.25, 0.3) is 21.4 Å². The summed E-state index contributed by atoms with van der Waals surface area (Å²) in [5, 5.41) is 4.55. The molecule has 2 aromatic carbocycles. The molecule has 172 valence electrons. The average Bonchev–Trinajstić information content (AvgIpc) is 3.16. The summed E-state index contributed by atoms with van der Waals surface area (Å²) in [5.74, 6) is 0.143. The predicted molar refractivity (Wildman–Crippen MR) is 127 cm³/mol. The van der Waals surface area contributed by atoms with Gasteiger partial charge in [-0.15, -0.1) is 11.3 Å². The van der Waals surface area contributed by atoms with Crippen LogP contribution in [-0.4, -0.2) is 40.8 Å². The van der Waals surface area contributed by atoms with Gasteiger partial charge >= 0.3 is 0 Å².